The molecule has 0 amide bonds. The maximum Gasteiger partial charge on any atom is 0.343 e. The Morgan fingerprint density at radius 3 is 2.71 bits per heavy atom. The summed E-state index contributed by atoms with van der Waals surface area (Å²) in [6.07, 6.45) is 2.52. The number of aromatic nitrogens is 1. The third-order valence-electron chi connectivity index (χ3n) is 1.59. The van der Waals surface area contributed by atoms with E-state index in [1.54, 1.807) is 0 Å². The van der Waals surface area contributed by atoms with Gasteiger partial charge in [-0.3, -0.25) is 0 Å². The second kappa shape index (κ2) is 3.73. The summed E-state index contributed by atoms with van der Waals surface area (Å²) in [4.78, 5) is 20.8. The van der Waals surface area contributed by atoms with Gasteiger partial charge in [-0.1, -0.05) is 0 Å². The molecule has 74 valence electrons. The third kappa shape index (κ3) is 2.19. The molecule has 0 aliphatic rings. The van der Waals surface area contributed by atoms with Crippen molar-refractivity contribution in [3.8, 4) is 0 Å². The van der Waals surface area contributed by atoms with E-state index in [4.69, 9.17) is 10.8 Å². The maximum absolute atomic E-state index is 10.6. The van der Waals surface area contributed by atoms with E-state index in [9.17, 15) is 14.7 Å². The van der Waals surface area contributed by atoms with Crippen molar-refractivity contribution in [1.82, 2.24) is 0 Å². The number of hydrogen-bond donors (Lipinski definition) is 2. The van der Waals surface area contributed by atoms with E-state index in [0.29, 0.717) is 0 Å². The zero-order valence-electron chi connectivity index (χ0n) is 7.14. The van der Waals surface area contributed by atoms with Crippen molar-refractivity contribution < 1.29 is 24.4 Å². The molecule has 0 atom stereocenters. The number of carboxylic acid groups (broad SMARTS) is 2. The van der Waals surface area contributed by atoms with Crippen molar-refractivity contribution >= 4 is 17.6 Å². The molecule has 0 bridgehead atoms. The number of rotatable bonds is 3. The summed E-state index contributed by atoms with van der Waals surface area (Å²) in [6.45, 7) is -0.402. The Balaban J connectivity index is 3.06. The monoisotopic (exact) mass is 196 g/mol. The lowest BCUT2D eigenvalue weighted by molar-refractivity contribution is -0.690. The van der Waals surface area contributed by atoms with Gasteiger partial charge in [0.1, 0.15) is 11.5 Å². The number of carbonyl (C=O) groups excluding carboxylic acids is 1. The van der Waals surface area contributed by atoms with Crippen molar-refractivity contribution in [2.24, 2.45) is 0 Å². The molecule has 1 aromatic rings. The van der Waals surface area contributed by atoms with Crippen LogP contribution < -0.4 is 15.4 Å². The summed E-state index contributed by atoms with van der Waals surface area (Å²) >= 11 is 0. The molecule has 1 heterocycles. The summed E-state index contributed by atoms with van der Waals surface area (Å²) in [7, 11) is 0. The quantitative estimate of drug-likeness (QED) is 0.544. The molecule has 1 aromatic heterocycles. The van der Waals surface area contributed by atoms with Gasteiger partial charge in [0.05, 0.1) is 5.69 Å². The van der Waals surface area contributed by atoms with Crippen LogP contribution in [0.2, 0.25) is 0 Å². The van der Waals surface area contributed by atoms with Gasteiger partial charge in [0.25, 0.3) is 0 Å². The van der Waals surface area contributed by atoms with Gasteiger partial charge in [-0.05, 0) is 0 Å². The van der Waals surface area contributed by atoms with Gasteiger partial charge in [0.2, 0.25) is 0 Å². The van der Waals surface area contributed by atoms with Crippen molar-refractivity contribution in [3.63, 3.8) is 0 Å². The summed E-state index contributed by atoms with van der Waals surface area (Å²) in [5, 5.41) is 18.9. The van der Waals surface area contributed by atoms with Gasteiger partial charge < -0.3 is 20.7 Å². The average molecular weight is 196 g/mol. The number of aliphatic carboxylic acids is 1. The van der Waals surface area contributed by atoms with Crippen LogP contribution in [-0.4, -0.2) is 17.0 Å². The predicted molar refractivity (Wildman–Crippen MR) is 43.0 cm³/mol. The second-order valence-electron chi connectivity index (χ2n) is 2.66. The Morgan fingerprint density at radius 1 is 1.57 bits per heavy atom. The van der Waals surface area contributed by atoms with Crippen LogP contribution in [0.3, 0.4) is 0 Å². The fraction of sp³-hybridized carbons (Fsp3) is 0.125. The smallest absolute Gasteiger partial charge is 0.343 e. The van der Waals surface area contributed by atoms with Crippen LogP contribution in [0.1, 0.15) is 10.4 Å². The van der Waals surface area contributed by atoms with Crippen LogP contribution in [0.25, 0.3) is 0 Å². The van der Waals surface area contributed by atoms with Gasteiger partial charge in [0.15, 0.2) is 18.9 Å². The van der Waals surface area contributed by atoms with E-state index < -0.39 is 18.5 Å². The zero-order chi connectivity index (χ0) is 10.7. The highest BCUT2D eigenvalue weighted by Gasteiger charge is 2.13. The molecule has 6 heteroatoms. The number of nitrogens with zero attached hydrogens (tertiary/aromatic N) is 1. The molecule has 0 saturated carbocycles. The number of nitrogen functional groups attached to an aromatic ring is 1. The molecule has 0 aliphatic heterocycles. The minimum atomic E-state index is -1.30. The number of anilines is 1. The molecule has 0 saturated heterocycles. The first kappa shape index (κ1) is 9.97. The average Bonchev–Trinajstić information content (AvgIpc) is 2.07. The standard InChI is InChI=1S/C8H8N2O4/c9-6-1-2-10(4-7(11)12)3-5(6)8(13)14/h1-3,9H,4H2,(H2,11,12,13,14). The molecule has 3 N–H and O–H groups in total. The molecule has 0 spiro atoms. The van der Waals surface area contributed by atoms with Crippen LogP contribution in [0.15, 0.2) is 18.5 Å². The van der Waals surface area contributed by atoms with Crippen molar-refractivity contribution in [2.75, 3.05) is 5.73 Å². The van der Waals surface area contributed by atoms with Gasteiger partial charge in [-0.15, -0.1) is 0 Å². The molecule has 0 radical (unpaired) electrons. The van der Waals surface area contributed by atoms with Gasteiger partial charge in [-0.25, -0.2) is 4.79 Å². The lowest BCUT2D eigenvalue weighted by Crippen LogP contribution is -2.44. The summed E-state index contributed by atoms with van der Waals surface area (Å²) in [5.41, 5.74) is 5.32. The van der Waals surface area contributed by atoms with Gasteiger partial charge in [0, 0.05) is 6.07 Å². The van der Waals surface area contributed by atoms with Crippen LogP contribution in [0, 0.1) is 0 Å². The first-order valence-corrected chi connectivity index (χ1v) is 3.72. The SMILES string of the molecule is Nc1cc[n+](CC(=O)[O-])cc1C(=O)O. The fourth-order valence-electron chi connectivity index (χ4n) is 0.975. The number of nitrogens with two attached hydrogens (primary N) is 1. The van der Waals surface area contributed by atoms with E-state index in [1.165, 1.54) is 16.8 Å². The number of pyridine rings is 1. The Hall–Kier alpha value is -2.11. The number of hydrogen-bond acceptors (Lipinski definition) is 4. The first-order chi connectivity index (χ1) is 6.50. The van der Waals surface area contributed by atoms with Gasteiger partial charge in [-0.2, -0.15) is 4.57 Å². The maximum atomic E-state index is 10.6. The molecule has 0 fully saturated rings. The highest BCUT2D eigenvalue weighted by molar-refractivity contribution is 5.92. The third-order valence-corrected chi connectivity index (χ3v) is 1.59. The minimum absolute atomic E-state index is 0.0899. The van der Waals surface area contributed by atoms with Crippen molar-refractivity contribution in [2.45, 2.75) is 6.54 Å². The molecule has 6 nitrogen and oxygen atoms in total. The number of carbonyl (C=O) groups is 2. The predicted octanol–water partition coefficient (Wildman–Crippen LogP) is -2.00. The number of carboxylic acids is 2. The molecule has 14 heavy (non-hydrogen) atoms. The highest BCUT2D eigenvalue weighted by Crippen LogP contribution is 2.06. The molecular formula is C8H8N2O4. The summed E-state index contributed by atoms with van der Waals surface area (Å²) < 4.78 is 1.18. The lowest BCUT2D eigenvalue weighted by atomic mass is 10.2. The largest absolute Gasteiger partial charge is 0.544 e. The van der Waals surface area contributed by atoms with E-state index in [2.05, 4.69) is 0 Å². The molecular weight excluding hydrogens is 188 g/mol. The van der Waals surface area contributed by atoms with Crippen LogP contribution in [-0.2, 0) is 11.3 Å². The molecule has 0 aliphatic carbocycles. The van der Waals surface area contributed by atoms with Crippen molar-refractivity contribution in [1.29, 1.82) is 0 Å². The molecule has 0 aromatic carbocycles. The summed E-state index contributed by atoms with van der Waals surface area (Å²) in [6, 6.07) is 1.33. The topological polar surface area (TPSA) is 107 Å². The van der Waals surface area contributed by atoms with E-state index in [0.717, 1.165) is 6.20 Å². The Morgan fingerprint density at radius 2 is 2.21 bits per heavy atom. The van der Waals surface area contributed by atoms with Crippen LogP contribution >= 0.6 is 0 Å². The molecule has 0 unspecified atom stereocenters. The van der Waals surface area contributed by atoms with Crippen molar-refractivity contribution in [3.05, 3.63) is 24.0 Å². The lowest BCUT2D eigenvalue weighted by Gasteiger charge is -2.01. The van der Waals surface area contributed by atoms with Crippen LogP contribution in [0.5, 0.6) is 0 Å². The first-order valence-electron chi connectivity index (χ1n) is 3.72. The highest BCUT2D eigenvalue weighted by atomic mass is 16.4. The van der Waals surface area contributed by atoms with E-state index in [1.807, 2.05) is 0 Å². The zero-order valence-corrected chi connectivity index (χ0v) is 7.14. The fourth-order valence-corrected chi connectivity index (χ4v) is 0.975. The Labute approximate surface area is 79.2 Å². The summed E-state index contributed by atoms with van der Waals surface area (Å²) in [5.74, 6) is -2.49. The second-order valence-corrected chi connectivity index (χ2v) is 2.66. The Bertz CT molecular complexity index is 389. The minimum Gasteiger partial charge on any atom is -0.544 e. The Kier molecular flexibility index (Phi) is 2.66. The van der Waals surface area contributed by atoms with E-state index in [-0.39, 0.29) is 11.3 Å². The number of aromatic carboxylic acids is 1. The van der Waals surface area contributed by atoms with E-state index >= 15 is 0 Å². The normalized spacial score (nSPS) is 9.71. The van der Waals surface area contributed by atoms with Crippen LogP contribution in [0.4, 0.5) is 5.69 Å². The molecule has 1 rings (SSSR count). The van der Waals surface area contributed by atoms with Gasteiger partial charge >= 0.3 is 5.97 Å².